The van der Waals surface area contributed by atoms with E-state index in [1.165, 1.54) is 6.42 Å². The third-order valence-corrected chi connectivity index (χ3v) is 6.93. The van der Waals surface area contributed by atoms with Gasteiger partial charge in [0.05, 0.1) is 5.41 Å². The monoisotopic (exact) mass is 413 g/mol. The quantitative estimate of drug-likeness (QED) is 0.567. The maximum atomic E-state index is 13.1. The van der Waals surface area contributed by atoms with E-state index in [1.807, 2.05) is 30.3 Å². The molecule has 2 atom stereocenters. The van der Waals surface area contributed by atoms with Crippen molar-refractivity contribution in [3.05, 3.63) is 36.2 Å². The van der Waals surface area contributed by atoms with E-state index in [4.69, 9.17) is 22.1 Å². The summed E-state index contributed by atoms with van der Waals surface area (Å²) in [4.78, 5) is 25.4. The van der Waals surface area contributed by atoms with Crippen LogP contribution in [0.1, 0.15) is 44.3 Å². The molecule has 4 bridgehead atoms. The minimum atomic E-state index is -0.449. The molecule has 2 aromatic rings. The second-order valence-electron chi connectivity index (χ2n) is 8.89. The molecule has 0 aliphatic heterocycles. The Labute approximate surface area is 174 Å². The van der Waals surface area contributed by atoms with Gasteiger partial charge in [-0.1, -0.05) is 18.2 Å². The number of nitrogens with two attached hydrogens (primary N) is 1. The van der Waals surface area contributed by atoms with Crippen molar-refractivity contribution in [2.45, 2.75) is 50.0 Å². The molecule has 1 aromatic heterocycles. The zero-order chi connectivity index (χ0) is 20.1. The molecule has 4 aliphatic carbocycles. The maximum Gasteiger partial charge on any atom is 0.312 e. The summed E-state index contributed by atoms with van der Waals surface area (Å²) in [7, 11) is 0. The summed E-state index contributed by atoms with van der Waals surface area (Å²) in [6.45, 7) is -0.0264. The summed E-state index contributed by atoms with van der Waals surface area (Å²) >= 11 is 6.83. The Balaban J connectivity index is 1.28. The van der Waals surface area contributed by atoms with Crippen LogP contribution in [-0.4, -0.2) is 25.8 Å². The van der Waals surface area contributed by atoms with E-state index in [0.717, 1.165) is 31.4 Å². The topological polar surface area (TPSA) is 103 Å². The molecule has 0 radical (unpaired) electrons. The van der Waals surface area contributed by atoms with Crippen molar-refractivity contribution in [3.8, 4) is 0 Å². The smallest absolute Gasteiger partial charge is 0.312 e. The second-order valence-corrected chi connectivity index (χ2v) is 9.69. The first-order valence-corrected chi connectivity index (χ1v) is 10.5. The van der Waals surface area contributed by atoms with Gasteiger partial charge in [0.1, 0.15) is 0 Å². The number of anilines is 3. The number of nitrogens with zero attached hydrogens (tertiary/aromatic N) is 3. The number of benzene rings is 1. The molecule has 29 heavy (non-hydrogen) atoms. The number of nitrogens with one attached hydrogen (secondary N) is 1. The average Bonchev–Trinajstić information content (AvgIpc) is 2.64. The van der Waals surface area contributed by atoms with Gasteiger partial charge in [-0.15, -0.1) is 11.6 Å². The number of carbonyl (C=O) groups is 1. The molecule has 4 fully saturated rings. The van der Waals surface area contributed by atoms with Crippen LogP contribution in [0.25, 0.3) is 0 Å². The molecule has 4 saturated carbocycles. The van der Waals surface area contributed by atoms with Crippen LogP contribution < -0.4 is 11.1 Å². The van der Waals surface area contributed by atoms with Crippen LogP contribution in [0.2, 0.25) is 0 Å². The lowest BCUT2D eigenvalue weighted by Crippen LogP contribution is -2.56. The fraction of sp³-hybridized carbons (Fsp3) is 0.524. The predicted octanol–water partition coefficient (Wildman–Crippen LogP) is 3.82. The molecule has 7 nitrogen and oxygen atoms in total. The molecule has 3 N–H and O–H groups in total. The number of halogens is 1. The molecule has 0 spiro atoms. The number of hydrogen-bond donors (Lipinski definition) is 2. The number of aromatic nitrogens is 3. The summed E-state index contributed by atoms with van der Waals surface area (Å²) in [5, 5.41) is 3.09. The van der Waals surface area contributed by atoms with Gasteiger partial charge in [-0.2, -0.15) is 15.0 Å². The number of esters is 1. The fourth-order valence-corrected chi connectivity index (χ4v) is 6.57. The highest BCUT2D eigenvalue weighted by Gasteiger charge is 2.60. The molecule has 8 heteroatoms. The first-order valence-electron chi connectivity index (χ1n) is 10.1. The lowest BCUT2D eigenvalue weighted by Gasteiger charge is -2.58. The van der Waals surface area contributed by atoms with Gasteiger partial charge >= 0.3 is 5.97 Å². The third kappa shape index (κ3) is 3.64. The van der Waals surface area contributed by atoms with Gasteiger partial charge < -0.3 is 15.8 Å². The van der Waals surface area contributed by atoms with Crippen molar-refractivity contribution < 1.29 is 9.53 Å². The predicted molar refractivity (Wildman–Crippen MR) is 109 cm³/mol. The summed E-state index contributed by atoms with van der Waals surface area (Å²) in [5.74, 6) is 1.64. The molecule has 1 heterocycles. The lowest BCUT2D eigenvalue weighted by molar-refractivity contribution is -0.171. The average molecular weight is 414 g/mol. The molecule has 4 aliphatic rings. The number of para-hydroxylation sites is 1. The van der Waals surface area contributed by atoms with Gasteiger partial charge in [0.25, 0.3) is 0 Å². The zero-order valence-electron chi connectivity index (χ0n) is 16.1. The SMILES string of the molecule is Nc1nc(COC(=O)C23C[C@H]4C[C@@H](CC(Cl)(C4)C2)C3)nc(Nc2ccccc2)n1. The van der Waals surface area contributed by atoms with Crippen molar-refractivity contribution in [2.24, 2.45) is 17.3 Å². The van der Waals surface area contributed by atoms with Gasteiger partial charge in [0, 0.05) is 10.6 Å². The van der Waals surface area contributed by atoms with Crippen LogP contribution in [0.4, 0.5) is 17.6 Å². The third-order valence-electron chi connectivity index (χ3n) is 6.48. The van der Waals surface area contributed by atoms with Gasteiger partial charge in [-0.05, 0) is 62.5 Å². The molecule has 0 unspecified atom stereocenters. The Morgan fingerprint density at radius 2 is 1.86 bits per heavy atom. The summed E-state index contributed by atoms with van der Waals surface area (Å²) in [6, 6.07) is 9.53. The minimum Gasteiger partial charge on any atom is -0.457 e. The molecule has 0 amide bonds. The molecular formula is C21H24ClN5O2. The van der Waals surface area contributed by atoms with Crippen LogP contribution in [0.5, 0.6) is 0 Å². The van der Waals surface area contributed by atoms with Crippen LogP contribution in [-0.2, 0) is 16.1 Å². The largest absolute Gasteiger partial charge is 0.457 e. The Kier molecular flexibility index (Phi) is 4.38. The molecule has 1 aromatic carbocycles. The first kappa shape index (κ1) is 18.6. The first-order chi connectivity index (χ1) is 13.9. The molecule has 152 valence electrons. The number of carbonyl (C=O) groups excluding carboxylic acids is 1. The van der Waals surface area contributed by atoms with E-state index in [9.17, 15) is 4.79 Å². The Morgan fingerprint density at radius 3 is 2.55 bits per heavy atom. The zero-order valence-corrected chi connectivity index (χ0v) is 16.9. The standard InChI is InChI=1S/C21H24ClN5O2/c22-21-9-13-6-14(10-21)8-20(7-13,12-21)17(28)29-11-16-25-18(23)27-19(26-16)24-15-4-2-1-3-5-15/h1-5,13-14H,6-12H2,(H3,23,24,25,26,27)/t13-,14-,20?,21?/m1/s1. The summed E-state index contributed by atoms with van der Waals surface area (Å²) in [6.07, 6.45) is 5.74. The molecule has 0 saturated heterocycles. The Bertz CT molecular complexity index is 924. The minimum absolute atomic E-state index is 0.0264. The van der Waals surface area contributed by atoms with E-state index in [-0.39, 0.29) is 23.4 Å². The van der Waals surface area contributed by atoms with Gasteiger partial charge in [0.2, 0.25) is 11.9 Å². The second kappa shape index (κ2) is 6.83. The number of rotatable bonds is 5. The Hall–Kier alpha value is -2.41. The van der Waals surface area contributed by atoms with Crippen molar-refractivity contribution in [3.63, 3.8) is 0 Å². The summed E-state index contributed by atoms with van der Waals surface area (Å²) < 4.78 is 5.68. The van der Waals surface area contributed by atoms with E-state index in [2.05, 4.69) is 20.3 Å². The van der Waals surface area contributed by atoms with E-state index >= 15 is 0 Å². The van der Waals surface area contributed by atoms with Crippen LogP contribution in [0.15, 0.2) is 30.3 Å². The van der Waals surface area contributed by atoms with E-state index in [1.54, 1.807) is 0 Å². The van der Waals surface area contributed by atoms with E-state index < -0.39 is 5.41 Å². The van der Waals surface area contributed by atoms with Crippen LogP contribution in [0.3, 0.4) is 0 Å². The number of alkyl halides is 1. The van der Waals surface area contributed by atoms with Gasteiger partial charge in [0.15, 0.2) is 12.4 Å². The maximum absolute atomic E-state index is 13.1. The lowest BCUT2D eigenvalue weighted by atomic mass is 9.49. The normalized spacial score (nSPS) is 32.2. The van der Waals surface area contributed by atoms with E-state index in [0.29, 0.717) is 30.0 Å². The number of nitrogen functional groups attached to an aromatic ring is 1. The molecular weight excluding hydrogens is 390 g/mol. The fourth-order valence-electron chi connectivity index (χ4n) is 5.88. The van der Waals surface area contributed by atoms with Crippen LogP contribution >= 0.6 is 11.6 Å². The highest BCUT2D eigenvalue weighted by atomic mass is 35.5. The molecule has 6 rings (SSSR count). The van der Waals surface area contributed by atoms with Crippen molar-refractivity contribution in [1.82, 2.24) is 15.0 Å². The highest BCUT2D eigenvalue weighted by molar-refractivity contribution is 6.24. The Morgan fingerprint density at radius 1 is 1.14 bits per heavy atom. The van der Waals surface area contributed by atoms with Gasteiger partial charge in [-0.25, -0.2) is 0 Å². The number of hydrogen-bond acceptors (Lipinski definition) is 7. The van der Waals surface area contributed by atoms with Crippen molar-refractivity contribution >= 4 is 35.2 Å². The van der Waals surface area contributed by atoms with Crippen LogP contribution in [0, 0.1) is 17.3 Å². The van der Waals surface area contributed by atoms with Gasteiger partial charge in [-0.3, -0.25) is 4.79 Å². The van der Waals surface area contributed by atoms with Crippen molar-refractivity contribution in [2.75, 3.05) is 11.1 Å². The number of ether oxygens (including phenoxy) is 1. The summed E-state index contributed by atoms with van der Waals surface area (Å²) in [5.41, 5.74) is 6.21. The van der Waals surface area contributed by atoms with Crippen molar-refractivity contribution in [1.29, 1.82) is 0 Å². The highest BCUT2D eigenvalue weighted by Crippen LogP contribution is 2.64.